The fourth-order valence-corrected chi connectivity index (χ4v) is 5.97. The summed E-state index contributed by atoms with van der Waals surface area (Å²) in [5, 5.41) is 0. The van der Waals surface area contributed by atoms with Gasteiger partial charge in [-0.3, -0.25) is 4.57 Å². The standard InChI is InChI=1S/C20H38N2O4P2/c1-15(2)21(16(3)4)27(22(17(5)6)18(7)8)26-20-12-10-9-11-19(20)13-14-25-28(23)24/h9-12,15-18,28H,13-14H2,1-8H3,(H,23,24). The summed E-state index contributed by atoms with van der Waals surface area (Å²) in [6.45, 7) is 17.8. The number of para-hydroxylation sites is 1. The first-order chi connectivity index (χ1) is 13.1. The summed E-state index contributed by atoms with van der Waals surface area (Å²) in [7, 11) is -3.96. The van der Waals surface area contributed by atoms with E-state index >= 15 is 0 Å². The van der Waals surface area contributed by atoms with Crippen molar-refractivity contribution < 1.29 is 18.5 Å². The topological polar surface area (TPSA) is 62.2 Å². The Labute approximate surface area is 173 Å². The lowest BCUT2D eigenvalue weighted by molar-refractivity contribution is 0.224. The molecule has 0 heterocycles. The highest BCUT2D eigenvalue weighted by atomic mass is 31.2. The second-order valence-corrected chi connectivity index (χ2v) is 10.4. The quantitative estimate of drug-likeness (QED) is 0.442. The maximum atomic E-state index is 10.9. The highest BCUT2D eigenvalue weighted by Gasteiger charge is 2.36. The Morgan fingerprint density at radius 1 is 0.929 bits per heavy atom. The normalized spacial score (nSPS) is 13.7. The molecule has 0 aromatic heterocycles. The number of nitrogens with zero attached hydrogens (tertiary/aromatic N) is 2. The monoisotopic (exact) mass is 432 g/mol. The molecule has 8 heteroatoms. The summed E-state index contributed by atoms with van der Waals surface area (Å²) in [6, 6.07) is 9.23. The van der Waals surface area contributed by atoms with Crippen LogP contribution < -0.4 is 4.52 Å². The van der Waals surface area contributed by atoms with E-state index in [0.717, 1.165) is 11.3 Å². The van der Waals surface area contributed by atoms with E-state index in [1.54, 1.807) is 0 Å². The van der Waals surface area contributed by atoms with Crippen molar-refractivity contribution in [1.29, 1.82) is 0 Å². The summed E-state index contributed by atoms with van der Waals surface area (Å²) in [5.41, 5.74) is 0.984. The van der Waals surface area contributed by atoms with Gasteiger partial charge in [-0.25, -0.2) is 9.34 Å². The number of hydrogen-bond acceptors (Lipinski definition) is 5. The summed E-state index contributed by atoms with van der Waals surface area (Å²) in [4.78, 5) is 8.92. The van der Waals surface area contributed by atoms with E-state index < -0.39 is 16.7 Å². The average Bonchev–Trinajstić information content (AvgIpc) is 2.54. The van der Waals surface area contributed by atoms with E-state index in [2.05, 4.69) is 64.7 Å². The van der Waals surface area contributed by atoms with E-state index in [1.807, 2.05) is 24.3 Å². The van der Waals surface area contributed by atoms with Gasteiger partial charge in [0.2, 0.25) is 8.45 Å². The van der Waals surface area contributed by atoms with Crippen LogP contribution in [0.15, 0.2) is 24.3 Å². The highest BCUT2D eigenvalue weighted by molar-refractivity contribution is 7.47. The molecule has 6 nitrogen and oxygen atoms in total. The molecule has 0 bridgehead atoms. The van der Waals surface area contributed by atoms with Gasteiger partial charge in [-0.2, -0.15) is 0 Å². The molecule has 28 heavy (non-hydrogen) atoms. The van der Waals surface area contributed by atoms with Gasteiger partial charge in [0.25, 0.3) is 0 Å². The molecule has 1 N–H and O–H groups in total. The Hall–Kier alpha value is -0.480. The van der Waals surface area contributed by atoms with Gasteiger partial charge in [-0.1, -0.05) is 18.2 Å². The fourth-order valence-electron chi connectivity index (χ4n) is 3.33. The first kappa shape index (κ1) is 25.6. The molecule has 1 aromatic rings. The zero-order valence-corrected chi connectivity index (χ0v) is 20.4. The van der Waals surface area contributed by atoms with Crippen molar-refractivity contribution >= 4 is 16.7 Å². The minimum Gasteiger partial charge on any atom is -0.444 e. The van der Waals surface area contributed by atoms with Crippen LogP contribution in [0.3, 0.4) is 0 Å². The highest BCUT2D eigenvalue weighted by Crippen LogP contribution is 2.51. The molecule has 1 aromatic carbocycles. The van der Waals surface area contributed by atoms with Gasteiger partial charge >= 0.3 is 8.25 Å². The van der Waals surface area contributed by atoms with Crippen LogP contribution in [-0.4, -0.2) is 45.0 Å². The summed E-state index contributed by atoms with van der Waals surface area (Å²) < 4.78 is 27.3. The molecule has 0 amide bonds. The van der Waals surface area contributed by atoms with Crippen LogP contribution in [0.4, 0.5) is 0 Å². The zero-order valence-electron chi connectivity index (χ0n) is 18.5. The molecule has 1 unspecified atom stereocenters. The third-order valence-corrected chi connectivity index (χ3v) is 7.71. The van der Waals surface area contributed by atoms with Gasteiger partial charge in [0.05, 0.1) is 6.61 Å². The summed E-state index contributed by atoms with van der Waals surface area (Å²) in [5.74, 6) is 0.812. The number of rotatable bonds is 12. The van der Waals surface area contributed by atoms with Crippen LogP contribution >= 0.6 is 16.7 Å². The largest absolute Gasteiger partial charge is 0.444 e. The van der Waals surface area contributed by atoms with E-state index in [0.29, 0.717) is 30.6 Å². The van der Waals surface area contributed by atoms with Crippen LogP contribution in [0.5, 0.6) is 5.75 Å². The maximum Gasteiger partial charge on any atom is 0.316 e. The SMILES string of the molecule is CC(C)N(C(C)C)P(Oc1ccccc1CCO[PH](=O)O)N(C(C)C)C(C)C. The van der Waals surface area contributed by atoms with Gasteiger partial charge in [0.1, 0.15) is 5.75 Å². The van der Waals surface area contributed by atoms with Crippen molar-refractivity contribution in [2.24, 2.45) is 0 Å². The maximum absolute atomic E-state index is 10.9. The first-order valence-corrected chi connectivity index (χ1v) is 12.5. The van der Waals surface area contributed by atoms with Gasteiger partial charge in [0, 0.05) is 24.2 Å². The van der Waals surface area contributed by atoms with E-state index in [1.165, 1.54) is 0 Å². The lowest BCUT2D eigenvalue weighted by Crippen LogP contribution is -2.44. The first-order valence-electron chi connectivity index (χ1n) is 10.0. The molecule has 0 aliphatic heterocycles. The van der Waals surface area contributed by atoms with Crippen molar-refractivity contribution in [3.8, 4) is 5.75 Å². The van der Waals surface area contributed by atoms with Crippen LogP contribution in [0.2, 0.25) is 0 Å². The van der Waals surface area contributed by atoms with E-state index in [4.69, 9.17) is 13.9 Å². The Balaban J connectivity index is 3.24. The average molecular weight is 432 g/mol. The lowest BCUT2D eigenvalue weighted by atomic mass is 10.1. The van der Waals surface area contributed by atoms with E-state index in [9.17, 15) is 4.57 Å². The van der Waals surface area contributed by atoms with Crippen LogP contribution in [0.1, 0.15) is 61.0 Å². The molecule has 1 atom stereocenters. The van der Waals surface area contributed by atoms with Gasteiger partial charge in [0.15, 0.2) is 0 Å². The Morgan fingerprint density at radius 2 is 1.39 bits per heavy atom. The minimum absolute atomic E-state index is 0.197. The molecule has 162 valence electrons. The predicted octanol–water partition coefficient (Wildman–Crippen LogP) is 5.47. The second-order valence-electron chi connectivity index (χ2n) is 7.95. The van der Waals surface area contributed by atoms with Crippen molar-refractivity contribution in [2.45, 2.75) is 86.0 Å². The molecule has 0 aliphatic carbocycles. The lowest BCUT2D eigenvalue weighted by Gasteiger charge is -2.45. The van der Waals surface area contributed by atoms with Crippen LogP contribution in [0, 0.1) is 0 Å². The van der Waals surface area contributed by atoms with Crippen molar-refractivity contribution in [3.63, 3.8) is 0 Å². The van der Waals surface area contributed by atoms with Crippen molar-refractivity contribution in [2.75, 3.05) is 6.61 Å². The molecule has 1 rings (SSSR count). The Morgan fingerprint density at radius 3 is 1.82 bits per heavy atom. The smallest absolute Gasteiger partial charge is 0.316 e. The summed E-state index contributed by atoms with van der Waals surface area (Å²) >= 11 is 0. The van der Waals surface area contributed by atoms with E-state index in [-0.39, 0.29) is 6.61 Å². The van der Waals surface area contributed by atoms with Gasteiger partial charge in [-0.05, 0) is 73.4 Å². The fraction of sp³-hybridized carbons (Fsp3) is 0.700. The molecular weight excluding hydrogens is 394 g/mol. The van der Waals surface area contributed by atoms with Crippen molar-refractivity contribution in [1.82, 2.24) is 9.34 Å². The van der Waals surface area contributed by atoms with Gasteiger partial charge in [-0.15, -0.1) is 0 Å². The minimum atomic E-state index is -2.91. The molecule has 0 saturated carbocycles. The molecule has 0 spiro atoms. The summed E-state index contributed by atoms with van der Waals surface area (Å²) in [6.07, 6.45) is 0.531. The van der Waals surface area contributed by atoms with Crippen LogP contribution in [0.25, 0.3) is 0 Å². The third kappa shape index (κ3) is 7.74. The number of hydrogen-bond donors (Lipinski definition) is 1. The molecule has 0 radical (unpaired) electrons. The molecule has 0 fully saturated rings. The third-order valence-electron chi connectivity index (χ3n) is 4.26. The zero-order chi connectivity index (χ0) is 21.4. The van der Waals surface area contributed by atoms with Crippen LogP contribution in [-0.2, 0) is 15.5 Å². The second kappa shape index (κ2) is 12.3. The molecule has 0 aliphatic rings. The van der Waals surface area contributed by atoms with Crippen molar-refractivity contribution in [3.05, 3.63) is 29.8 Å². The predicted molar refractivity (Wildman–Crippen MR) is 119 cm³/mol. The Kier molecular flexibility index (Phi) is 11.2. The molecule has 0 saturated heterocycles. The molecular formula is C20H38N2O4P2. The number of benzene rings is 1. The Bertz CT molecular complexity index is 576. The van der Waals surface area contributed by atoms with Gasteiger partial charge < -0.3 is 13.9 Å².